The molecule has 0 aliphatic heterocycles. The van der Waals surface area contributed by atoms with Crippen molar-refractivity contribution in [2.24, 2.45) is 0 Å². The third kappa shape index (κ3) is 4.47. The number of nitrogens with one attached hydrogen (secondary N) is 1. The first-order chi connectivity index (χ1) is 14.1. The summed E-state index contributed by atoms with van der Waals surface area (Å²) in [5.74, 6) is 1.92. The lowest BCUT2D eigenvalue weighted by Crippen LogP contribution is -2.26. The summed E-state index contributed by atoms with van der Waals surface area (Å²) in [6.07, 6.45) is 1.44. The van der Waals surface area contributed by atoms with Gasteiger partial charge in [0.25, 0.3) is 5.91 Å². The van der Waals surface area contributed by atoms with Crippen LogP contribution >= 0.6 is 11.6 Å². The number of furan rings is 1. The molecule has 0 bridgehead atoms. The zero-order valence-electron chi connectivity index (χ0n) is 15.3. The Balaban J connectivity index is 1.42. The Hall–Kier alpha value is -3.58. The van der Waals surface area contributed by atoms with Gasteiger partial charge in [0, 0.05) is 10.6 Å². The Morgan fingerprint density at radius 2 is 1.76 bits per heavy atom. The Labute approximate surface area is 171 Å². The molecule has 0 saturated carbocycles. The van der Waals surface area contributed by atoms with E-state index in [-0.39, 0.29) is 11.7 Å². The van der Waals surface area contributed by atoms with Crippen molar-refractivity contribution in [3.63, 3.8) is 0 Å². The highest BCUT2D eigenvalue weighted by Crippen LogP contribution is 2.26. The lowest BCUT2D eigenvalue weighted by atomic mass is 10.2. The van der Waals surface area contributed by atoms with E-state index < -0.39 is 6.04 Å². The van der Waals surface area contributed by atoms with Crippen LogP contribution in [0.1, 0.15) is 29.4 Å². The molecule has 8 heteroatoms. The van der Waals surface area contributed by atoms with E-state index in [1.165, 1.54) is 6.26 Å². The van der Waals surface area contributed by atoms with E-state index in [1.54, 1.807) is 43.3 Å². The molecule has 2 aromatic carbocycles. The Bertz CT molecular complexity index is 1090. The molecule has 0 aliphatic rings. The summed E-state index contributed by atoms with van der Waals surface area (Å²) in [5.41, 5.74) is 0.757. The zero-order chi connectivity index (χ0) is 20.2. The van der Waals surface area contributed by atoms with E-state index in [2.05, 4.69) is 15.5 Å². The van der Waals surface area contributed by atoms with Gasteiger partial charge < -0.3 is 19.0 Å². The highest BCUT2D eigenvalue weighted by atomic mass is 35.5. The molecule has 0 radical (unpaired) electrons. The van der Waals surface area contributed by atoms with E-state index >= 15 is 0 Å². The van der Waals surface area contributed by atoms with Crippen molar-refractivity contribution in [2.75, 3.05) is 0 Å². The molecule has 7 nitrogen and oxygen atoms in total. The molecule has 1 amide bonds. The monoisotopic (exact) mass is 409 g/mol. The zero-order valence-corrected chi connectivity index (χ0v) is 16.1. The second kappa shape index (κ2) is 8.20. The minimum Gasteiger partial charge on any atom is -0.459 e. The van der Waals surface area contributed by atoms with Crippen molar-refractivity contribution in [1.82, 2.24) is 15.5 Å². The molecular weight excluding hydrogens is 394 g/mol. The molecule has 146 valence electrons. The van der Waals surface area contributed by atoms with Crippen LogP contribution in [0.4, 0.5) is 0 Å². The van der Waals surface area contributed by atoms with Gasteiger partial charge in [-0.2, -0.15) is 4.98 Å². The number of hydrogen-bond acceptors (Lipinski definition) is 6. The number of rotatable bonds is 6. The molecule has 4 rings (SSSR count). The number of halogens is 1. The van der Waals surface area contributed by atoms with Gasteiger partial charge in [0.2, 0.25) is 11.7 Å². The molecular formula is C21H16ClN3O4. The number of carbonyl (C=O) groups excluding carboxylic acids is 1. The van der Waals surface area contributed by atoms with E-state index in [4.69, 9.17) is 25.3 Å². The summed E-state index contributed by atoms with van der Waals surface area (Å²) < 4.78 is 16.1. The van der Waals surface area contributed by atoms with E-state index in [1.807, 2.05) is 24.3 Å². The predicted molar refractivity (Wildman–Crippen MR) is 106 cm³/mol. The van der Waals surface area contributed by atoms with Crippen LogP contribution in [0.15, 0.2) is 75.9 Å². The molecule has 1 atom stereocenters. The van der Waals surface area contributed by atoms with E-state index in [0.717, 1.165) is 5.56 Å². The second-order valence-electron chi connectivity index (χ2n) is 6.21. The number of carbonyl (C=O) groups is 1. The van der Waals surface area contributed by atoms with Gasteiger partial charge in [0.1, 0.15) is 17.5 Å². The first kappa shape index (κ1) is 18.8. The summed E-state index contributed by atoms with van der Waals surface area (Å²) in [6, 6.07) is 17.1. The smallest absolute Gasteiger partial charge is 0.287 e. The minimum absolute atomic E-state index is 0.216. The molecule has 29 heavy (non-hydrogen) atoms. The largest absolute Gasteiger partial charge is 0.459 e. The van der Waals surface area contributed by atoms with Gasteiger partial charge in [-0.15, -0.1) is 0 Å². The topological polar surface area (TPSA) is 90.4 Å². The van der Waals surface area contributed by atoms with Crippen LogP contribution in [0, 0.1) is 0 Å². The lowest BCUT2D eigenvalue weighted by molar-refractivity contribution is 0.0904. The fourth-order valence-electron chi connectivity index (χ4n) is 2.58. The van der Waals surface area contributed by atoms with Crippen molar-refractivity contribution in [3.8, 4) is 22.9 Å². The third-order valence-electron chi connectivity index (χ3n) is 4.07. The van der Waals surface area contributed by atoms with Crippen molar-refractivity contribution in [3.05, 3.63) is 83.6 Å². The maximum absolute atomic E-state index is 12.1. The number of amides is 1. The van der Waals surface area contributed by atoms with Gasteiger partial charge in [-0.05, 0) is 67.6 Å². The summed E-state index contributed by atoms with van der Waals surface area (Å²) in [5, 5.41) is 7.38. The van der Waals surface area contributed by atoms with Gasteiger partial charge >= 0.3 is 0 Å². The van der Waals surface area contributed by atoms with Gasteiger partial charge in [0.15, 0.2) is 5.76 Å². The Morgan fingerprint density at radius 1 is 1.07 bits per heavy atom. The van der Waals surface area contributed by atoms with Crippen molar-refractivity contribution >= 4 is 17.5 Å². The van der Waals surface area contributed by atoms with Crippen molar-refractivity contribution in [1.29, 1.82) is 0 Å². The third-order valence-corrected chi connectivity index (χ3v) is 4.32. The van der Waals surface area contributed by atoms with Gasteiger partial charge in [0.05, 0.1) is 6.26 Å². The minimum atomic E-state index is -0.471. The van der Waals surface area contributed by atoms with Gasteiger partial charge in [-0.25, -0.2) is 0 Å². The SMILES string of the molecule is C[C@H](NC(=O)c1ccco1)c1nc(-c2ccc(Oc3ccc(Cl)cc3)cc2)no1. The molecule has 0 fully saturated rings. The van der Waals surface area contributed by atoms with E-state index in [9.17, 15) is 4.79 Å². The van der Waals surface area contributed by atoms with Crippen LogP contribution in [-0.2, 0) is 0 Å². The maximum atomic E-state index is 12.1. The number of aromatic nitrogens is 2. The van der Waals surface area contributed by atoms with Crippen LogP contribution in [0.3, 0.4) is 0 Å². The molecule has 2 heterocycles. The highest BCUT2D eigenvalue weighted by Gasteiger charge is 2.19. The lowest BCUT2D eigenvalue weighted by Gasteiger charge is -2.07. The molecule has 2 aromatic heterocycles. The van der Waals surface area contributed by atoms with Crippen LogP contribution < -0.4 is 10.1 Å². The average Bonchev–Trinajstić information content (AvgIpc) is 3.43. The van der Waals surface area contributed by atoms with Gasteiger partial charge in [-0.3, -0.25) is 4.79 Å². The summed E-state index contributed by atoms with van der Waals surface area (Å²) >= 11 is 5.87. The average molecular weight is 410 g/mol. The Morgan fingerprint density at radius 3 is 2.41 bits per heavy atom. The summed E-state index contributed by atoms with van der Waals surface area (Å²) in [7, 11) is 0. The Kier molecular flexibility index (Phi) is 5.31. The van der Waals surface area contributed by atoms with Crippen LogP contribution in [0.2, 0.25) is 5.02 Å². The maximum Gasteiger partial charge on any atom is 0.287 e. The molecule has 0 aliphatic carbocycles. The quantitative estimate of drug-likeness (QED) is 0.466. The van der Waals surface area contributed by atoms with Gasteiger partial charge in [-0.1, -0.05) is 16.8 Å². The number of nitrogens with zero attached hydrogens (tertiary/aromatic N) is 2. The van der Waals surface area contributed by atoms with Crippen molar-refractivity contribution in [2.45, 2.75) is 13.0 Å². The first-order valence-corrected chi connectivity index (χ1v) is 9.18. The number of hydrogen-bond donors (Lipinski definition) is 1. The normalized spacial score (nSPS) is 11.8. The fourth-order valence-corrected chi connectivity index (χ4v) is 2.70. The molecule has 1 N–H and O–H groups in total. The van der Waals surface area contributed by atoms with Crippen molar-refractivity contribution < 1.29 is 18.5 Å². The first-order valence-electron chi connectivity index (χ1n) is 8.80. The summed E-state index contributed by atoms with van der Waals surface area (Å²) in [4.78, 5) is 16.4. The summed E-state index contributed by atoms with van der Waals surface area (Å²) in [6.45, 7) is 1.75. The number of benzene rings is 2. The molecule has 0 unspecified atom stereocenters. The van der Waals surface area contributed by atoms with Crippen LogP contribution in [0.25, 0.3) is 11.4 Å². The molecule has 0 spiro atoms. The fraction of sp³-hybridized carbons (Fsp3) is 0.0952. The predicted octanol–water partition coefficient (Wildman–Crippen LogP) is 5.27. The van der Waals surface area contributed by atoms with E-state index in [0.29, 0.717) is 28.2 Å². The highest BCUT2D eigenvalue weighted by molar-refractivity contribution is 6.30. The molecule has 4 aromatic rings. The number of ether oxygens (including phenoxy) is 1. The van der Waals surface area contributed by atoms with Crippen LogP contribution in [0.5, 0.6) is 11.5 Å². The standard InChI is InChI=1S/C21H16ClN3O4/c1-13(23-20(26)18-3-2-12-27-18)21-24-19(25-29-21)14-4-8-16(9-5-14)28-17-10-6-15(22)7-11-17/h2-13H,1H3,(H,23,26)/t13-/m0/s1. The van der Waals surface area contributed by atoms with Crippen LogP contribution in [-0.4, -0.2) is 16.0 Å². The molecule has 0 saturated heterocycles. The second-order valence-corrected chi connectivity index (χ2v) is 6.65.